The molecule has 0 aromatic rings. The zero-order valence-corrected chi connectivity index (χ0v) is 11.4. The number of esters is 1. The summed E-state index contributed by atoms with van der Waals surface area (Å²) in [5.41, 5.74) is 0.260. The molecule has 4 nitrogen and oxygen atoms in total. The lowest BCUT2D eigenvalue weighted by molar-refractivity contribution is -0.151. The maximum atomic E-state index is 11.7. The van der Waals surface area contributed by atoms with Crippen molar-refractivity contribution in [1.82, 2.24) is 0 Å². The van der Waals surface area contributed by atoms with Crippen LogP contribution in [0.25, 0.3) is 0 Å². The number of carbonyl (C=O) groups excluding carboxylic acids is 2. The molecule has 0 aromatic heterocycles. The molecule has 5 atom stereocenters. The van der Waals surface area contributed by atoms with Crippen LogP contribution in [0.2, 0.25) is 0 Å². The summed E-state index contributed by atoms with van der Waals surface area (Å²) in [4.78, 5) is 22.8. The van der Waals surface area contributed by atoms with Crippen LogP contribution in [0.5, 0.6) is 0 Å². The van der Waals surface area contributed by atoms with Crippen molar-refractivity contribution in [3.63, 3.8) is 0 Å². The van der Waals surface area contributed by atoms with Gasteiger partial charge in [0.1, 0.15) is 12.4 Å². The first kappa shape index (κ1) is 14.0. The van der Waals surface area contributed by atoms with Gasteiger partial charge in [-0.2, -0.15) is 0 Å². The molecule has 2 fully saturated rings. The molecule has 1 aliphatic carbocycles. The highest BCUT2D eigenvalue weighted by Crippen LogP contribution is 2.53. The van der Waals surface area contributed by atoms with Crippen molar-refractivity contribution in [3.05, 3.63) is 24.3 Å². The summed E-state index contributed by atoms with van der Waals surface area (Å²) in [5, 5.41) is 10.4. The first-order valence-corrected chi connectivity index (χ1v) is 6.58. The Balaban J connectivity index is 2.47. The number of hydrogen-bond donors (Lipinski definition) is 1. The molecule has 1 saturated carbocycles. The second-order valence-corrected chi connectivity index (χ2v) is 5.78. The summed E-state index contributed by atoms with van der Waals surface area (Å²) in [7, 11) is 0. The Morgan fingerprint density at radius 3 is 2.79 bits per heavy atom. The fourth-order valence-corrected chi connectivity index (χ4v) is 3.46. The molecule has 0 spiro atoms. The van der Waals surface area contributed by atoms with Gasteiger partial charge >= 0.3 is 5.97 Å². The van der Waals surface area contributed by atoms with Gasteiger partial charge in [-0.1, -0.05) is 27.0 Å². The van der Waals surface area contributed by atoms with E-state index in [0.717, 1.165) is 0 Å². The van der Waals surface area contributed by atoms with E-state index in [1.54, 1.807) is 0 Å². The molecule has 1 heterocycles. The van der Waals surface area contributed by atoms with Crippen LogP contribution < -0.4 is 0 Å². The first-order valence-electron chi connectivity index (χ1n) is 6.58. The Bertz CT molecular complexity index is 453. The van der Waals surface area contributed by atoms with Crippen LogP contribution in [0, 0.1) is 17.3 Å². The highest BCUT2D eigenvalue weighted by molar-refractivity contribution is 5.91. The number of aliphatic hydroxyl groups excluding tert-OH is 1. The van der Waals surface area contributed by atoms with Gasteiger partial charge in [0.05, 0.1) is 6.10 Å². The average Bonchev–Trinajstić information content (AvgIpc) is 2.66. The molecule has 104 valence electrons. The molecule has 19 heavy (non-hydrogen) atoms. The molecule has 4 heteroatoms. The Hall–Kier alpha value is -1.42. The van der Waals surface area contributed by atoms with E-state index in [1.165, 1.54) is 0 Å². The molecule has 1 aliphatic heterocycles. The van der Waals surface area contributed by atoms with Gasteiger partial charge in [0.15, 0.2) is 0 Å². The first-order chi connectivity index (χ1) is 8.86. The Morgan fingerprint density at radius 2 is 2.26 bits per heavy atom. The summed E-state index contributed by atoms with van der Waals surface area (Å²) in [6, 6.07) is 0. The van der Waals surface area contributed by atoms with Crippen molar-refractivity contribution in [1.29, 1.82) is 0 Å². The minimum absolute atomic E-state index is 0.219. The average molecular weight is 264 g/mol. The standard InChI is InChI=1S/C15H20O4/c1-5-15(4)11(17)6-10-9(3)14(18)19-13(10)12(15)8(2)7-16/h7,10-13,17H,2-3,5-6H2,1,4H3/t10-,11+,12+,13-,15+/m0/s1. The van der Waals surface area contributed by atoms with Gasteiger partial charge < -0.3 is 9.84 Å². The number of aldehydes is 1. The Labute approximate surface area is 113 Å². The molecule has 2 rings (SSSR count). The normalized spacial score (nSPS) is 41.6. The summed E-state index contributed by atoms with van der Waals surface area (Å²) < 4.78 is 5.39. The third kappa shape index (κ3) is 1.86. The zero-order chi connectivity index (χ0) is 14.4. The van der Waals surface area contributed by atoms with E-state index in [2.05, 4.69) is 13.2 Å². The number of hydrogen-bond acceptors (Lipinski definition) is 4. The van der Waals surface area contributed by atoms with E-state index in [9.17, 15) is 14.7 Å². The monoisotopic (exact) mass is 264 g/mol. The third-order valence-corrected chi connectivity index (χ3v) is 4.94. The molecule has 1 N–H and O–H groups in total. The second-order valence-electron chi connectivity index (χ2n) is 5.78. The van der Waals surface area contributed by atoms with Crippen LogP contribution in [0.3, 0.4) is 0 Å². The van der Waals surface area contributed by atoms with Crippen LogP contribution in [-0.2, 0) is 14.3 Å². The molecule has 1 saturated heterocycles. The lowest BCUT2D eigenvalue weighted by Gasteiger charge is -2.49. The Morgan fingerprint density at radius 1 is 1.63 bits per heavy atom. The minimum atomic E-state index is -0.605. The highest BCUT2D eigenvalue weighted by atomic mass is 16.6. The van der Waals surface area contributed by atoms with E-state index in [4.69, 9.17) is 4.74 Å². The predicted octanol–water partition coefficient (Wildman–Crippen LogP) is 1.64. The maximum Gasteiger partial charge on any atom is 0.334 e. The van der Waals surface area contributed by atoms with Gasteiger partial charge in [0.2, 0.25) is 0 Å². The van der Waals surface area contributed by atoms with Crippen molar-refractivity contribution >= 4 is 12.3 Å². The summed E-state index contributed by atoms with van der Waals surface area (Å²) in [6.07, 6.45) is 0.793. The number of ether oxygens (including phenoxy) is 1. The van der Waals surface area contributed by atoms with E-state index in [-0.39, 0.29) is 11.8 Å². The number of fused-ring (bicyclic) bond motifs is 1. The number of rotatable bonds is 3. The number of aliphatic hydroxyl groups is 1. The summed E-state index contributed by atoms with van der Waals surface area (Å²) in [5.74, 6) is -0.998. The van der Waals surface area contributed by atoms with Gasteiger partial charge in [-0.05, 0) is 18.4 Å². The van der Waals surface area contributed by atoms with Crippen molar-refractivity contribution < 1.29 is 19.4 Å². The van der Waals surface area contributed by atoms with Gasteiger partial charge in [0, 0.05) is 22.8 Å². The van der Waals surface area contributed by atoms with E-state index in [0.29, 0.717) is 30.3 Å². The maximum absolute atomic E-state index is 11.7. The van der Waals surface area contributed by atoms with E-state index >= 15 is 0 Å². The molecule has 0 radical (unpaired) electrons. The molecular weight excluding hydrogens is 244 g/mol. The van der Waals surface area contributed by atoms with Gasteiger partial charge in [0.25, 0.3) is 0 Å². The van der Waals surface area contributed by atoms with E-state index in [1.807, 2.05) is 13.8 Å². The molecule has 0 amide bonds. The molecular formula is C15H20O4. The third-order valence-electron chi connectivity index (χ3n) is 4.94. The SMILES string of the molecule is C=C(C=O)[C@@H]1[C@H]2OC(=O)C(=C)[C@@H]2C[C@@H](O)[C@@]1(C)CC. The quantitative estimate of drug-likeness (QED) is 0.478. The van der Waals surface area contributed by atoms with Gasteiger partial charge in [-0.3, -0.25) is 4.79 Å². The largest absolute Gasteiger partial charge is 0.458 e. The summed E-state index contributed by atoms with van der Waals surface area (Å²) >= 11 is 0. The second kappa shape index (κ2) is 4.60. The van der Waals surface area contributed by atoms with E-state index < -0.39 is 23.6 Å². The zero-order valence-electron chi connectivity index (χ0n) is 11.4. The number of carbonyl (C=O) groups is 2. The molecule has 0 aromatic carbocycles. The predicted molar refractivity (Wildman–Crippen MR) is 70.2 cm³/mol. The van der Waals surface area contributed by atoms with Crippen molar-refractivity contribution in [3.8, 4) is 0 Å². The van der Waals surface area contributed by atoms with Crippen LogP contribution in [-0.4, -0.2) is 29.6 Å². The Kier molecular flexibility index (Phi) is 3.39. The minimum Gasteiger partial charge on any atom is -0.458 e. The van der Waals surface area contributed by atoms with Crippen molar-refractivity contribution in [2.45, 2.75) is 38.9 Å². The molecule has 0 unspecified atom stereocenters. The lowest BCUT2D eigenvalue weighted by atomic mass is 9.57. The molecule has 0 bridgehead atoms. The lowest BCUT2D eigenvalue weighted by Crippen LogP contribution is -2.52. The van der Waals surface area contributed by atoms with Crippen LogP contribution >= 0.6 is 0 Å². The van der Waals surface area contributed by atoms with Crippen LogP contribution in [0.15, 0.2) is 24.3 Å². The fourth-order valence-electron chi connectivity index (χ4n) is 3.46. The highest BCUT2D eigenvalue weighted by Gasteiger charge is 2.57. The topological polar surface area (TPSA) is 63.6 Å². The van der Waals surface area contributed by atoms with Crippen LogP contribution in [0.4, 0.5) is 0 Å². The van der Waals surface area contributed by atoms with Crippen molar-refractivity contribution in [2.24, 2.45) is 17.3 Å². The van der Waals surface area contributed by atoms with Gasteiger partial charge in [-0.25, -0.2) is 4.79 Å². The van der Waals surface area contributed by atoms with Crippen LogP contribution in [0.1, 0.15) is 26.7 Å². The fraction of sp³-hybridized carbons (Fsp3) is 0.600. The van der Waals surface area contributed by atoms with Gasteiger partial charge in [-0.15, -0.1) is 0 Å². The van der Waals surface area contributed by atoms with Crippen molar-refractivity contribution in [2.75, 3.05) is 0 Å². The smallest absolute Gasteiger partial charge is 0.334 e. The molecule has 2 aliphatic rings. The summed E-state index contributed by atoms with van der Waals surface area (Å²) in [6.45, 7) is 11.4.